The van der Waals surface area contributed by atoms with Gasteiger partial charge in [-0.3, -0.25) is 4.79 Å². The van der Waals surface area contributed by atoms with Gasteiger partial charge in [0.05, 0.1) is 6.61 Å². The molecule has 1 aromatic carbocycles. The van der Waals surface area contributed by atoms with Gasteiger partial charge in [-0.1, -0.05) is 32.4 Å². The van der Waals surface area contributed by atoms with E-state index in [9.17, 15) is 4.79 Å². The fourth-order valence-electron chi connectivity index (χ4n) is 2.28. The zero-order chi connectivity index (χ0) is 15.0. The van der Waals surface area contributed by atoms with E-state index in [0.29, 0.717) is 31.1 Å². The molecule has 1 atom stereocenters. The standard InChI is InChI=1S/C17H25ClO2/c1-4-6-16(19)11-13(3)10-14-12-15(18)7-8-17(14)20-9-5-2/h7-8,12-13H,4-6,9-11H2,1-3H3. The van der Waals surface area contributed by atoms with E-state index < -0.39 is 0 Å². The molecule has 0 spiro atoms. The second-order valence-electron chi connectivity index (χ2n) is 5.40. The fourth-order valence-corrected chi connectivity index (χ4v) is 2.47. The maximum absolute atomic E-state index is 11.7. The molecule has 3 heteroatoms. The summed E-state index contributed by atoms with van der Waals surface area (Å²) in [6.07, 6.45) is 4.04. The number of Topliss-reactive ketones (excluding diaryl/α,β-unsaturated/α-hetero) is 1. The van der Waals surface area contributed by atoms with Crippen LogP contribution in [0.5, 0.6) is 5.75 Å². The molecule has 0 aliphatic heterocycles. The Kier molecular flexibility index (Phi) is 7.68. The van der Waals surface area contributed by atoms with Crippen molar-refractivity contribution in [2.24, 2.45) is 5.92 Å². The van der Waals surface area contributed by atoms with E-state index >= 15 is 0 Å². The Bertz CT molecular complexity index is 429. The molecule has 0 fully saturated rings. The molecule has 0 aliphatic carbocycles. The summed E-state index contributed by atoms with van der Waals surface area (Å²) in [4.78, 5) is 11.7. The highest BCUT2D eigenvalue weighted by Gasteiger charge is 2.13. The third-order valence-electron chi connectivity index (χ3n) is 3.16. The molecule has 1 rings (SSSR count). The predicted molar refractivity (Wildman–Crippen MR) is 84.6 cm³/mol. The monoisotopic (exact) mass is 296 g/mol. The molecule has 0 saturated carbocycles. The van der Waals surface area contributed by atoms with Gasteiger partial charge in [0.2, 0.25) is 0 Å². The van der Waals surface area contributed by atoms with Gasteiger partial charge in [0.1, 0.15) is 11.5 Å². The maximum atomic E-state index is 11.7. The minimum Gasteiger partial charge on any atom is -0.493 e. The average Bonchev–Trinajstić information content (AvgIpc) is 2.37. The summed E-state index contributed by atoms with van der Waals surface area (Å²) < 4.78 is 5.75. The van der Waals surface area contributed by atoms with Crippen LogP contribution in [0.4, 0.5) is 0 Å². The van der Waals surface area contributed by atoms with Crippen LogP contribution < -0.4 is 4.74 Å². The second-order valence-corrected chi connectivity index (χ2v) is 5.84. The van der Waals surface area contributed by atoms with Gasteiger partial charge < -0.3 is 4.74 Å². The van der Waals surface area contributed by atoms with Crippen LogP contribution in [0.3, 0.4) is 0 Å². The Morgan fingerprint density at radius 3 is 2.70 bits per heavy atom. The van der Waals surface area contributed by atoms with E-state index in [1.54, 1.807) is 0 Å². The molecule has 0 saturated heterocycles. The van der Waals surface area contributed by atoms with Gasteiger partial charge in [0.15, 0.2) is 0 Å². The van der Waals surface area contributed by atoms with Crippen molar-refractivity contribution in [1.82, 2.24) is 0 Å². The highest BCUT2D eigenvalue weighted by Crippen LogP contribution is 2.26. The largest absolute Gasteiger partial charge is 0.493 e. The molecule has 20 heavy (non-hydrogen) atoms. The third kappa shape index (κ3) is 5.96. The van der Waals surface area contributed by atoms with Crippen LogP contribution >= 0.6 is 11.6 Å². The number of benzene rings is 1. The lowest BCUT2D eigenvalue weighted by Gasteiger charge is -2.15. The summed E-state index contributed by atoms with van der Waals surface area (Å²) in [5.74, 6) is 1.56. The van der Waals surface area contributed by atoms with Crippen LogP contribution in [0.25, 0.3) is 0 Å². The molecule has 112 valence electrons. The van der Waals surface area contributed by atoms with Gasteiger partial charge >= 0.3 is 0 Å². The zero-order valence-corrected chi connectivity index (χ0v) is 13.5. The van der Waals surface area contributed by atoms with Crippen LogP contribution in [0.1, 0.15) is 52.0 Å². The fraction of sp³-hybridized carbons (Fsp3) is 0.588. The van der Waals surface area contributed by atoms with Crippen molar-refractivity contribution < 1.29 is 9.53 Å². The quantitative estimate of drug-likeness (QED) is 0.636. The van der Waals surface area contributed by atoms with Crippen LogP contribution in [0.2, 0.25) is 5.02 Å². The molecule has 1 aromatic rings. The Morgan fingerprint density at radius 1 is 1.30 bits per heavy atom. The van der Waals surface area contributed by atoms with Gasteiger partial charge in [-0.15, -0.1) is 0 Å². The number of carbonyl (C=O) groups excluding carboxylic acids is 1. The van der Waals surface area contributed by atoms with Crippen molar-refractivity contribution in [1.29, 1.82) is 0 Å². The number of hydrogen-bond acceptors (Lipinski definition) is 2. The van der Waals surface area contributed by atoms with E-state index in [1.807, 2.05) is 25.1 Å². The van der Waals surface area contributed by atoms with E-state index in [0.717, 1.165) is 35.6 Å². The smallest absolute Gasteiger partial charge is 0.133 e. The van der Waals surface area contributed by atoms with Crippen LogP contribution in [0.15, 0.2) is 18.2 Å². The van der Waals surface area contributed by atoms with E-state index in [-0.39, 0.29) is 0 Å². The van der Waals surface area contributed by atoms with Gasteiger partial charge in [-0.05, 0) is 48.9 Å². The molecule has 0 radical (unpaired) electrons. The first-order chi connectivity index (χ1) is 9.56. The normalized spacial score (nSPS) is 12.2. The van der Waals surface area contributed by atoms with Crippen molar-refractivity contribution in [3.8, 4) is 5.75 Å². The number of halogens is 1. The Morgan fingerprint density at radius 2 is 2.05 bits per heavy atom. The Labute approximate surface area is 127 Å². The first-order valence-corrected chi connectivity index (χ1v) is 7.87. The van der Waals surface area contributed by atoms with Crippen molar-refractivity contribution in [2.45, 2.75) is 52.9 Å². The van der Waals surface area contributed by atoms with Crippen LogP contribution in [-0.4, -0.2) is 12.4 Å². The van der Waals surface area contributed by atoms with Gasteiger partial charge in [-0.25, -0.2) is 0 Å². The number of rotatable bonds is 9. The molecule has 0 heterocycles. The van der Waals surface area contributed by atoms with E-state index in [2.05, 4.69) is 13.8 Å². The highest BCUT2D eigenvalue weighted by atomic mass is 35.5. The highest BCUT2D eigenvalue weighted by molar-refractivity contribution is 6.30. The van der Waals surface area contributed by atoms with E-state index in [4.69, 9.17) is 16.3 Å². The summed E-state index contributed by atoms with van der Waals surface area (Å²) in [5.41, 5.74) is 1.10. The van der Waals surface area contributed by atoms with Crippen molar-refractivity contribution in [3.63, 3.8) is 0 Å². The molecule has 0 aromatic heterocycles. The predicted octanol–water partition coefficient (Wildman–Crippen LogP) is 5.07. The third-order valence-corrected chi connectivity index (χ3v) is 3.39. The van der Waals surface area contributed by atoms with Gasteiger partial charge in [0, 0.05) is 17.9 Å². The lowest BCUT2D eigenvalue weighted by atomic mass is 9.94. The van der Waals surface area contributed by atoms with Crippen LogP contribution in [-0.2, 0) is 11.2 Å². The molecule has 0 amide bonds. The topological polar surface area (TPSA) is 26.3 Å². The summed E-state index contributed by atoms with van der Waals surface area (Å²) in [5, 5.41) is 0.718. The molecule has 0 aliphatic rings. The number of ketones is 1. The number of hydrogen-bond donors (Lipinski definition) is 0. The zero-order valence-electron chi connectivity index (χ0n) is 12.7. The summed E-state index contributed by atoms with van der Waals surface area (Å²) in [6.45, 7) is 6.94. The lowest BCUT2D eigenvalue weighted by molar-refractivity contribution is -0.119. The van der Waals surface area contributed by atoms with Crippen LogP contribution in [0, 0.1) is 5.92 Å². The summed E-state index contributed by atoms with van der Waals surface area (Å²) in [6, 6.07) is 5.73. The summed E-state index contributed by atoms with van der Waals surface area (Å²) >= 11 is 6.07. The first-order valence-electron chi connectivity index (χ1n) is 7.49. The van der Waals surface area contributed by atoms with Gasteiger partial charge in [0.25, 0.3) is 0 Å². The van der Waals surface area contributed by atoms with Crippen molar-refractivity contribution in [2.75, 3.05) is 6.61 Å². The minimum absolute atomic E-state index is 0.316. The molecular formula is C17H25ClO2. The Balaban J connectivity index is 2.69. The molecule has 2 nitrogen and oxygen atoms in total. The maximum Gasteiger partial charge on any atom is 0.133 e. The molecule has 0 N–H and O–H groups in total. The van der Waals surface area contributed by atoms with Crippen molar-refractivity contribution >= 4 is 17.4 Å². The first kappa shape index (κ1) is 17.0. The Hall–Kier alpha value is -1.02. The van der Waals surface area contributed by atoms with Gasteiger partial charge in [-0.2, -0.15) is 0 Å². The summed E-state index contributed by atoms with van der Waals surface area (Å²) in [7, 11) is 0. The number of ether oxygens (including phenoxy) is 1. The minimum atomic E-state index is 0.316. The van der Waals surface area contributed by atoms with E-state index in [1.165, 1.54) is 0 Å². The second kappa shape index (κ2) is 9.02. The molecular weight excluding hydrogens is 272 g/mol. The molecule has 0 bridgehead atoms. The molecule has 1 unspecified atom stereocenters. The van der Waals surface area contributed by atoms with Crippen molar-refractivity contribution in [3.05, 3.63) is 28.8 Å². The average molecular weight is 297 g/mol. The number of carbonyl (C=O) groups is 1. The SMILES string of the molecule is CCCOc1ccc(Cl)cc1CC(C)CC(=O)CCC. The lowest BCUT2D eigenvalue weighted by Crippen LogP contribution is -2.09.